The first-order valence-electron chi connectivity index (χ1n) is 5.78. The summed E-state index contributed by atoms with van der Waals surface area (Å²) in [5, 5.41) is 22.6. The number of aromatic carboxylic acids is 1. The Labute approximate surface area is 121 Å². The van der Waals surface area contributed by atoms with Crippen molar-refractivity contribution >= 4 is 40.1 Å². The fraction of sp³-hybridized carbons (Fsp3) is 0.273. The third-order valence-electron chi connectivity index (χ3n) is 2.94. The highest BCUT2D eigenvalue weighted by Gasteiger charge is 2.33. The molecular weight excluding hydrogens is 302 g/mol. The van der Waals surface area contributed by atoms with Gasteiger partial charge in [-0.25, -0.2) is 9.59 Å². The van der Waals surface area contributed by atoms with E-state index in [1.165, 1.54) is 0 Å². The normalized spacial score (nSPS) is 16.9. The van der Waals surface area contributed by atoms with Crippen LogP contribution in [0.4, 0.5) is 5.00 Å². The van der Waals surface area contributed by atoms with Crippen molar-refractivity contribution in [1.82, 2.24) is 5.32 Å². The van der Waals surface area contributed by atoms with Gasteiger partial charge < -0.3 is 26.6 Å². The Morgan fingerprint density at radius 2 is 1.95 bits per heavy atom. The van der Waals surface area contributed by atoms with Gasteiger partial charge in [0.05, 0.1) is 5.56 Å². The third kappa shape index (κ3) is 2.71. The molecule has 0 saturated heterocycles. The monoisotopic (exact) mass is 313 g/mol. The lowest BCUT2D eigenvalue weighted by Crippen LogP contribution is -2.38. The number of aliphatic carboxylic acids is 1. The van der Waals surface area contributed by atoms with Crippen LogP contribution in [0, 0.1) is 0 Å². The molecule has 0 saturated carbocycles. The second-order valence-corrected chi connectivity index (χ2v) is 5.31. The van der Waals surface area contributed by atoms with Crippen molar-refractivity contribution in [2.24, 2.45) is 5.73 Å². The maximum Gasteiger partial charge on any atom is 0.394 e. The number of carboxylic acids is 2. The number of hydrogen-bond donors (Lipinski definition) is 5. The van der Waals surface area contributed by atoms with Crippen molar-refractivity contribution in [3.8, 4) is 0 Å². The number of nitrogens with one attached hydrogen (secondary N) is 2. The van der Waals surface area contributed by atoms with Crippen LogP contribution in [0.25, 0.3) is 0 Å². The predicted molar refractivity (Wildman–Crippen MR) is 71.2 cm³/mol. The second kappa shape index (κ2) is 5.50. The number of anilines is 1. The molecular formula is C11H11N3O6S. The standard InChI is InChI=1S/C11H11N3O6S/c12-7(15)5-6-3(1-2-13-5)4(10(17)18)9(21-6)14-8(16)11(19)20/h5,13H,1-2H2,(H2,12,15)(H,14,16)(H,17,18)(H,19,20). The van der Waals surface area contributed by atoms with E-state index in [0.717, 1.165) is 11.3 Å². The molecule has 21 heavy (non-hydrogen) atoms. The molecule has 1 aliphatic rings. The van der Waals surface area contributed by atoms with Gasteiger partial charge in [-0.1, -0.05) is 0 Å². The van der Waals surface area contributed by atoms with E-state index in [4.69, 9.17) is 10.8 Å². The van der Waals surface area contributed by atoms with Gasteiger partial charge in [0, 0.05) is 11.4 Å². The number of primary amides is 1. The number of carbonyl (C=O) groups is 4. The summed E-state index contributed by atoms with van der Waals surface area (Å²) in [4.78, 5) is 44.9. The predicted octanol–water partition coefficient (Wildman–Crippen LogP) is -0.859. The van der Waals surface area contributed by atoms with Crippen molar-refractivity contribution in [2.45, 2.75) is 12.5 Å². The molecule has 1 aromatic heterocycles. The molecule has 1 atom stereocenters. The van der Waals surface area contributed by atoms with Crippen LogP contribution in [-0.4, -0.2) is 40.5 Å². The van der Waals surface area contributed by atoms with Crippen LogP contribution in [0.1, 0.15) is 26.8 Å². The molecule has 2 rings (SSSR count). The topological polar surface area (TPSA) is 159 Å². The molecule has 0 fully saturated rings. The zero-order valence-electron chi connectivity index (χ0n) is 10.5. The third-order valence-corrected chi connectivity index (χ3v) is 4.16. The highest BCUT2D eigenvalue weighted by atomic mass is 32.1. The molecule has 0 radical (unpaired) electrons. The number of fused-ring (bicyclic) bond motifs is 1. The number of thiophene rings is 1. The van der Waals surface area contributed by atoms with Crippen LogP contribution in [0.3, 0.4) is 0 Å². The van der Waals surface area contributed by atoms with Gasteiger partial charge in [-0.2, -0.15) is 0 Å². The first-order chi connectivity index (χ1) is 9.82. The summed E-state index contributed by atoms with van der Waals surface area (Å²) in [7, 11) is 0. The number of carboxylic acid groups (broad SMARTS) is 2. The number of hydrogen-bond acceptors (Lipinski definition) is 6. The van der Waals surface area contributed by atoms with Gasteiger partial charge >= 0.3 is 17.8 Å². The summed E-state index contributed by atoms with van der Waals surface area (Å²) >= 11 is 0.833. The van der Waals surface area contributed by atoms with Crippen LogP contribution >= 0.6 is 11.3 Å². The molecule has 1 aromatic rings. The Morgan fingerprint density at radius 1 is 1.29 bits per heavy atom. The molecule has 2 amide bonds. The molecule has 0 aromatic carbocycles. The van der Waals surface area contributed by atoms with Crippen molar-refractivity contribution in [2.75, 3.05) is 11.9 Å². The van der Waals surface area contributed by atoms with E-state index in [1.807, 2.05) is 5.32 Å². The maximum atomic E-state index is 11.4. The molecule has 1 unspecified atom stereocenters. The van der Waals surface area contributed by atoms with Crippen molar-refractivity contribution in [3.05, 3.63) is 16.0 Å². The Hall–Kier alpha value is -2.46. The molecule has 0 aliphatic carbocycles. The highest BCUT2D eigenvalue weighted by Crippen LogP contribution is 2.39. The average Bonchev–Trinajstić information content (AvgIpc) is 2.75. The molecule has 9 nitrogen and oxygen atoms in total. The largest absolute Gasteiger partial charge is 0.478 e. The zero-order chi connectivity index (χ0) is 15.7. The lowest BCUT2D eigenvalue weighted by atomic mass is 9.99. The summed E-state index contributed by atoms with van der Waals surface area (Å²) in [6, 6.07) is -0.854. The Bertz CT molecular complexity index is 653. The van der Waals surface area contributed by atoms with Gasteiger partial charge in [0.15, 0.2) is 0 Å². The van der Waals surface area contributed by atoms with E-state index in [-0.39, 0.29) is 10.6 Å². The van der Waals surface area contributed by atoms with E-state index in [9.17, 15) is 24.3 Å². The summed E-state index contributed by atoms with van der Waals surface area (Å²) in [5.41, 5.74) is 5.43. The zero-order valence-corrected chi connectivity index (χ0v) is 11.3. The highest BCUT2D eigenvalue weighted by molar-refractivity contribution is 7.17. The Balaban J connectivity index is 2.51. The SMILES string of the molecule is NC(=O)C1NCCc2c1sc(NC(=O)C(=O)O)c2C(=O)O. The minimum Gasteiger partial charge on any atom is -0.478 e. The molecule has 10 heteroatoms. The van der Waals surface area contributed by atoms with Crippen LogP contribution in [0.5, 0.6) is 0 Å². The maximum absolute atomic E-state index is 11.4. The lowest BCUT2D eigenvalue weighted by molar-refractivity contribution is -0.147. The van der Waals surface area contributed by atoms with Crippen LogP contribution in [0.2, 0.25) is 0 Å². The smallest absolute Gasteiger partial charge is 0.394 e. The number of amides is 2. The van der Waals surface area contributed by atoms with E-state index in [0.29, 0.717) is 23.4 Å². The first kappa shape index (κ1) is 14.9. The summed E-state index contributed by atoms with van der Waals surface area (Å²) < 4.78 is 0. The first-order valence-corrected chi connectivity index (χ1v) is 6.60. The van der Waals surface area contributed by atoms with Crippen LogP contribution in [0.15, 0.2) is 0 Å². The van der Waals surface area contributed by atoms with Gasteiger partial charge in [-0.15, -0.1) is 11.3 Å². The molecule has 0 spiro atoms. The number of rotatable bonds is 3. The fourth-order valence-electron chi connectivity index (χ4n) is 2.10. The fourth-order valence-corrected chi connectivity index (χ4v) is 3.42. The van der Waals surface area contributed by atoms with Gasteiger partial charge in [0.2, 0.25) is 5.91 Å². The van der Waals surface area contributed by atoms with E-state index < -0.39 is 29.8 Å². The molecule has 112 valence electrons. The summed E-state index contributed by atoms with van der Waals surface area (Å²) in [6.45, 7) is 0.351. The van der Waals surface area contributed by atoms with E-state index in [2.05, 4.69) is 5.32 Å². The Morgan fingerprint density at radius 3 is 2.48 bits per heavy atom. The number of nitrogens with two attached hydrogens (primary N) is 1. The minimum absolute atomic E-state index is 0.116. The molecule has 0 bridgehead atoms. The molecule has 2 heterocycles. The summed E-state index contributed by atoms with van der Waals surface area (Å²) in [5.74, 6) is -5.06. The van der Waals surface area contributed by atoms with Crippen LogP contribution in [-0.2, 0) is 20.8 Å². The van der Waals surface area contributed by atoms with Gasteiger partial charge in [-0.3, -0.25) is 9.59 Å². The summed E-state index contributed by atoms with van der Waals surface area (Å²) in [6.07, 6.45) is 0.334. The quantitative estimate of drug-likeness (QED) is 0.454. The van der Waals surface area contributed by atoms with E-state index >= 15 is 0 Å². The second-order valence-electron chi connectivity index (χ2n) is 4.25. The van der Waals surface area contributed by atoms with Crippen molar-refractivity contribution in [3.63, 3.8) is 0 Å². The Kier molecular flexibility index (Phi) is 3.91. The average molecular weight is 313 g/mol. The number of carbonyl (C=O) groups excluding carboxylic acids is 2. The minimum atomic E-state index is -1.73. The van der Waals surface area contributed by atoms with E-state index in [1.54, 1.807) is 0 Å². The van der Waals surface area contributed by atoms with Crippen molar-refractivity contribution < 1.29 is 29.4 Å². The van der Waals surface area contributed by atoms with Crippen molar-refractivity contribution in [1.29, 1.82) is 0 Å². The lowest BCUT2D eigenvalue weighted by Gasteiger charge is -2.21. The molecule has 1 aliphatic heterocycles. The van der Waals surface area contributed by atoms with Gasteiger partial charge in [0.1, 0.15) is 11.0 Å². The molecule has 6 N–H and O–H groups in total. The van der Waals surface area contributed by atoms with Crippen LogP contribution < -0.4 is 16.4 Å². The van der Waals surface area contributed by atoms with Gasteiger partial charge in [-0.05, 0) is 12.0 Å². The van der Waals surface area contributed by atoms with Gasteiger partial charge in [0.25, 0.3) is 0 Å².